The maximum Gasteiger partial charge on any atom is 0.417 e. The number of ether oxygens (including phenoxy) is 1. The summed E-state index contributed by atoms with van der Waals surface area (Å²) in [4.78, 5) is 71.1. The van der Waals surface area contributed by atoms with Crippen molar-refractivity contribution in [3.05, 3.63) is 70.2 Å². The number of halogens is 1. The maximum absolute atomic E-state index is 14.5. The van der Waals surface area contributed by atoms with E-state index in [1.54, 1.807) is 27.2 Å². The Hall–Kier alpha value is -5.05. The summed E-state index contributed by atoms with van der Waals surface area (Å²) in [7, 11) is 6.25. The molecule has 0 radical (unpaired) electrons. The van der Waals surface area contributed by atoms with Crippen molar-refractivity contribution in [3.8, 4) is 0 Å². The summed E-state index contributed by atoms with van der Waals surface area (Å²) in [5.41, 5.74) is 0.164. The molecule has 15 heteroatoms. The van der Waals surface area contributed by atoms with Crippen LogP contribution in [0.1, 0.15) is 38.1 Å². The summed E-state index contributed by atoms with van der Waals surface area (Å²) in [5, 5.41) is 15.2. The number of nitrogens with one attached hydrogen (secondary N) is 2. The fourth-order valence-corrected chi connectivity index (χ4v) is 4.76. The first-order chi connectivity index (χ1) is 22.2. The van der Waals surface area contributed by atoms with Crippen molar-refractivity contribution in [2.45, 2.75) is 45.7 Å². The minimum atomic E-state index is -1.39. The number of carbonyl (C=O) groups excluding carboxylic acids is 3. The summed E-state index contributed by atoms with van der Waals surface area (Å²) < 4.78 is 21.5. The summed E-state index contributed by atoms with van der Waals surface area (Å²) >= 11 is 0. The minimum absolute atomic E-state index is 0.0167. The van der Waals surface area contributed by atoms with E-state index in [2.05, 4.69) is 15.6 Å². The summed E-state index contributed by atoms with van der Waals surface area (Å²) in [6.07, 6.45) is 3.82. The second-order valence-corrected chi connectivity index (χ2v) is 11.6. The number of pyridine rings is 1. The van der Waals surface area contributed by atoms with E-state index < -0.39 is 35.4 Å². The van der Waals surface area contributed by atoms with Gasteiger partial charge in [0.25, 0.3) is 5.56 Å². The Morgan fingerprint density at radius 1 is 1.17 bits per heavy atom. The van der Waals surface area contributed by atoms with E-state index in [0.29, 0.717) is 17.5 Å². The lowest BCUT2D eigenvalue weighted by Gasteiger charge is -2.23. The largest absolute Gasteiger partial charge is 0.464 e. The number of benzene rings is 1. The van der Waals surface area contributed by atoms with Crippen LogP contribution < -0.4 is 16.2 Å². The van der Waals surface area contributed by atoms with Crippen molar-refractivity contribution in [3.63, 3.8) is 0 Å². The van der Waals surface area contributed by atoms with E-state index in [4.69, 9.17) is 4.74 Å². The molecular formula is C32H42FN7O7. The lowest BCUT2D eigenvalue weighted by Crippen LogP contribution is -2.49. The van der Waals surface area contributed by atoms with Gasteiger partial charge in [-0.05, 0) is 55.0 Å². The van der Waals surface area contributed by atoms with Gasteiger partial charge >= 0.3 is 12.1 Å². The highest BCUT2D eigenvalue weighted by Crippen LogP contribution is 2.25. The first-order valence-electron chi connectivity index (χ1n) is 15.0. The highest BCUT2D eigenvalue weighted by atomic mass is 19.1. The number of allylic oxidation sites excluding steroid dienone is 1. The smallest absolute Gasteiger partial charge is 0.417 e. The predicted octanol–water partition coefficient (Wildman–Crippen LogP) is 3.13. The van der Waals surface area contributed by atoms with Crippen molar-refractivity contribution >= 4 is 40.7 Å². The monoisotopic (exact) mass is 655 g/mol. The van der Waals surface area contributed by atoms with Gasteiger partial charge in [-0.25, -0.2) is 23.5 Å². The quantitative estimate of drug-likeness (QED) is 0.223. The zero-order valence-corrected chi connectivity index (χ0v) is 27.4. The van der Waals surface area contributed by atoms with E-state index >= 15 is 0 Å². The number of hydrogen-bond donors (Lipinski definition) is 3. The lowest BCUT2D eigenvalue weighted by molar-refractivity contribution is -0.123. The number of imidazole rings is 1. The Bertz CT molecular complexity index is 1700. The third-order valence-corrected chi connectivity index (χ3v) is 7.20. The number of rotatable bonds is 14. The Morgan fingerprint density at radius 3 is 2.53 bits per heavy atom. The molecule has 0 saturated heterocycles. The van der Waals surface area contributed by atoms with Gasteiger partial charge in [0.15, 0.2) is 0 Å². The molecule has 2 heterocycles. The molecule has 254 valence electrons. The minimum Gasteiger partial charge on any atom is -0.464 e. The van der Waals surface area contributed by atoms with Gasteiger partial charge in [-0.15, -0.1) is 0 Å². The standard InChI is InChI=1S/C32H42FN7O7/c1-20(2)16-21-17-22(33)18-25-28(21)36-26(40(25)32(45)46)19-39-13-9-11-24(30(39)43)34-29(42)23(10-7-8-12-27(41)37(3)4)35-31(44)38(5)14-15-47-6/h8-9,11-13,17-18,20,23H,7,10,14-16,19H2,1-6H3,(H,34,42)(H,35,44)(H,45,46). The average molecular weight is 656 g/mol. The zero-order chi connectivity index (χ0) is 34.8. The van der Waals surface area contributed by atoms with E-state index in [-0.39, 0.29) is 61.4 Å². The molecule has 0 fully saturated rings. The third-order valence-electron chi connectivity index (χ3n) is 7.20. The number of carbonyl (C=O) groups is 4. The molecule has 0 aliphatic rings. The maximum atomic E-state index is 14.5. The van der Waals surface area contributed by atoms with E-state index in [1.165, 1.54) is 51.9 Å². The van der Waals surface area contributed by atoms with E-state index in [0.717, 1.165) is 10.6 Å². The highest BCUT2D eigenvalue weighted by Gasteiger charge is 2.24. The summed E-state index contributed by atoms with van der Waals surface area (Å²) in [5.74, 6) is -1.38. The number of hydrogen-bond acceptors (Lipinski definition) is 7. The number of urea groups is 1. The Morgan fingerprint density at radius 2 is 1.89 bits per heavy atom. The molecule has 1 atom stereocenters. The number of nitrogens with zero attached hydrogens (tertiary/aromatic N) is 5. The van der Waals surface area contributed by atoms with Gasteiger partial charge in [0, 0.05) is 47.1 Å². The number of likely N-dealkylation sites (N-methyl/N-ethyl adjacent to an activating group) is 2. The van der Waals surface area contributed by atoms with Crippen molar-refractivity contribution in [1.82, 2.24) is 29.2 Å². The van der Waals surface area contributed by atoms with Crippen molar-refractivity contribution in [2.24, 2.45) is 5.92 Å². The molecular weight excluding hydrogens is 613 g/mol. The van der Waals surface area contributed by atoms with Crippen LogP contribution >= 0.6 is 0 Å². The fraction of sp³-hybridized carbons (Fsp3) is 0.438. The van der Waals surface area contributed by atoms with Crippen LogP contribution in [-0.2, 0) is 27.3 Å². The number of carboxylic acid groups (broad SMARTS) is 1. The summed E-state index contributed by atoms with van der Waals surface area (Å²) in [6.45, 7) is 4.15. The average Bonchev–Trinajstić information content (AvgIpc) is 3.36. The topological polar surface area (TPSA) is 168 Å². The molecule has 3 N–H and O–H groups in total. The van der Waals surface area contributed by atoms with Crippen LogP contribution in [0.15, 0.2) is 47.4 Å². The van der Waals surface area contributed by atoms with Gasteiger partial charge in [-0.3, -0.25) is 14.4 Å². The van der Waals surface area contributed by atoms with Crippen molar-refractivity contribution in [2.75, 3.05) is 46.7 Å². The number of methoxy groups -OCH3 is 1. The van der Waals surface area contributed by atoms with Gasteiger partial charge < -0.3 is 34.8 Å². The SMILES string of the molecule is COCCN(C)C(=O)NC(CCC=CC(=O)N(C)C)C(=O)Nc1cccn(Cc2nc3c(CC(C)C)cc(F)cc3n2C(=O)O)c1=O. The number of amides is 4. The van der Waals surface area contributed by atoms with Crippen LogP contribution in [0.2, 0.25) is 0 Å². The van der Waals surface area contributed by atoms with E-state index in [9.17, 15) is 33.5 Å². The van der Waals surface area contributed by atoms with Gasteiger partial charge in [-0.1, -0.05) is 19.9 Å². The third kappa shape index (κ3) is 9.72. The Kier molecular flexibility index (Phi) is 12.8. The fourth-order valence-electron chi connectivity index (χ4n) is 4.76. The molecule has 0 saturated carbocycles. The molecule has 0 aliphatic carbocycles. The number of fused-ring (bicyclic) bond motifs is 1. The van der Waals surface area contributed by atoms with Crippen molar-refractivity contribution in [1.29, 1.82) is 0 Å². The molecule has 0 spiro atoms. The van der Waals surface area contributed by atoms with Gasteiger partial charge in [0.05, 0.1) is 24.2 Å². The van der Waals surface area contributed by atoms with Crippen LogP contribution in [0.5, 0.6) is 0 Å². The molecule has 14 nitrogen and oxygen atoms in total. The predicted molar refractivity (Wildman–Crippen MR) is 174 cm³/mol. The zero-order valence-electron chi connectivity index (χ0n) is 27.4. The number of aromatic nitrogens is 3. The molecule has 47 heavy (non-hydrogen) atoms. The highest BCUT2D eigenvalue weighted by molar-refractivity contribution is 5.97. The lowest BCUT2D eigenvalue weighted by atomic mass is 10.0. The van der Waals surface area contributed by atoms with E-state index in [1.807, 2.05) is 13.8 Å². The normalized spacial score (nSPS) is 12.0. The molecule has 1 unspecified atom stereocenters. The van der Waals surface area contributed by atoms with Gasteiger partial charge in [0.2, 0.25) is 11.8 Å². The van der Waals surface area contributed by atoms with Crippen LogP contribution in [0.25, 0.3) is 11.0 Å². The van der Waals surface area contributed by atoms with Crippen LogP contribution in [0.4, 0.5) is 19.7 Å². The number of anilines is 1. The van der Waals surface area contributed by atoms with Crippen LogP contribution in [0.3, 0.4) is 0 Å². The molecule has 0 bridgehead atoms. The van der Waals surface area contributed by atoms with Gasteiger partial charge in [-0.2, -0.15) is 0 Å². The molecule has 1 aromatic carbocycles. The molecule has 3 rings (SSSR count). The second-order valence-electron chi connectivity index (χ2n) is 11.6. The first-order valence-corrected chi connectivity index (χ1v) is 15.0. The first kappa shape index (κ1) is 36.4. The summed E-state index contributed by atoms with van der Waals surface area (Å²) in [6, 6.07) is 3.68. The van der Waals surface area contributed by atoms with Crippen LogP contribution in [-0.4, -0.2) is 100 Å². The molecule has 3 aromatic rings. The van der Waals surface area contributed by atoms with Gasteiger partial charge in [0.1, 0.15) is 23.4 Å². The van der Waals surface area contributed by atoms with Crippen LogP contribution in [0, 0.1) is 11.7 Å². The molecule has 4 amide bonds. The molecule has 2 aromatic heterocycles. The Balaban J connectivity index is 1.90. The molecule has 0 aliphatic heterocycles. The Labute approximate surface area is 271 Å². The van der Waals surface area contributed by atoms with Crippen molar-refractivity contribution < 1.29 is 33.4 Å². The second kappa shape index (κ2) is 16.5.